The quantitative estimate of drug-likeness (QED) is 0.768. The Balaban J connectivity index is 2.64. The molecule has 0 aromatic heterocycles. The van der Waals surface area contributed by atoms with Crippen LogP contribution >= 0.6 is 0 Å². The molecular weight excluding hydrogens is 238 g/mol. The first-order chi connectivity index (χ1) is 8.97. The number of hydrogen-bond donors (Lipinski definition) is 1. The van der Waals surface area contributed by atoms with Crippen molar-refractivity contribution in [3.63, 3.8) is 0 Å². The van der Waals surface area contributed by atoms with E-state index in [9.17, 15) is 4.79 Å². The summed E-state index contributed by atoms with van der Waals surface area (Å²) in [4.78, 5) is 10.9. The minimum atomic E-state index is 0.259. The van der Waals surface area contributed by atoms with Crippen LogP contribution in [0.1, 0.15) is 42.0 Å². The zero-order valence-electron chi connectivity index (χ0n) is 12.7. The van der Waals surface area contributed by atoms with Crippen molar-refractivity contribution in [2.24, 2.45) is 0 Å². The number of hydrogen-bond acceptors (Lipinski definition) is 3. The van der Waals surface area contributed by atoms with E-state index in [1.165, 1.54) is 22.3 Å². The maximum absolute atomic E-state index is 10.9. The van der Waals surface area contributed by atoms with Crippen LogP contribution in [0.3, 0.4) is 0 Å². The van der Waals surface area contributed by atoms with Gasteiger partial charge in [-0.3, -0.25) is 0 Å². The van der Waals surface area contributed by atoms with Gasteiger partial charge in [-0.05, 0) is 69.0 Å². The van der Waals surface area contributed by atoms with Gasteiger partial charge in [-0.25, -0.2) is 0 Å². The number of aryl methyl sites for hydroxylation is 1. The Morgan fingerprint density at radius 3 is 2.53 bits per heavy atom. The van der Waals surface area contributed by atoms with E-state index in [0.29, 0.717) is 6.42 Å². The van der Waals surface area contributed by atoms with E-state index in [4.69, 9.17) is 4.74 Å². The predicted octanol–water partition coefficient (Wildman–Crippen LogP) is 3.08. The molecule has 1 aromatic rings. The molecule has 1 rings (SSSR count). The summed E-state index contributed by atoms with van der Waals surface area (Å²) >= 11 is 0. The number of methoxy groups -OCH3 is 1. The minimum Gasteiger partial charge on any atom is -0.496 e. The van der Waals surface area contributed by atoms with Crippen LogP contribution < -0.4 is 10.1 Å². The van der Waals surface area contributed by atoms with Crippen LogP contribution in [0.25, 0.3) is 0 Å². The minimum absolute atomic E-state index is 0.259. The third kappa shape index (κ3) is 4.35. The Labute approximate surface area is 116 Å². The number of benzene rings is 1. The van der Waals surface area contributed by atoms with E-state index < -0.39 is 0 Å². The smallest absolute Gasteiger partial charge is 0.129 e. The lowest BCUT2D eigenvalue weighted by Crippen LogP contribution is -2.17. The summed E-state index contributed by atoms with van der Waals surface area (Å²) in [6.07, 6.45) is 1.56. The van der Waals surface area contributed by atoms with Crippen LogP contribution in [0.2, 0.25) is 0 Å². The molecule has 19 heavy (non-hydrogen) atoms. The highest BCUT2D eigenvalue weighted by Gasteiger charge is 2.10. The Morgan fingerprint density at radius 2 is 1.95 bits per heavy atom. The van der Waals surface area contributed by atoms with E-state index in [-0.39, 0.29) is 5.78 Å². The lowest BCUT2D eigenvalue weighted by atomic mass is 9.97. The summed E-state index contributed by atoms with van der Waals surface area (Å²) in [5.74, 6) is 1.21. The number of Topliss-reactive ketones (excluding diaryl/α,β-unsaturated/α-hetero) is 1. The standard InChI is InChI=1S/C16H25NO2/c1-11-9-16(19-5)14(4)13(3)15(11)10-17-8-6-7-12(2)18/h9,17H,6-8,10H2,1-5H3. The number of nitrogens with one attached hydrogen (secondary N) is 1. The van der Waals surface area contributed by atoms with Gasteiger partial charge in [0.2, 0.25) is 0 Å². The molecule has 0 unspecified atom stereocenters. The van der Waals surface area contributed by atoms with Gasteiger partial charge in [0.15, 0.2) is 0 Å². The van der Waals surface area contributed by atoms with Crippen molar-refractivity contribution in [1.29, 1.82) is 0 Å². The van der Waals surface area contributed by atoms with E-state index in [1.54, 1.807) is 14.0 Å². The van der Waals surface area contributed by atoms with Gasteiger partial charge in [-0.1, -0.05) is 0 Å². The summed E-state index contributed by atoms with van der Waals surface area (Å²) in [5.41, 5.74) is 5.07. The normalized spacial score (nSPS) is 10.6. The van der Waals surface area contributed by atoms with Gasteiger partial charge >= 0.3 is 0 Å². The predicted molar refractivity (Wildman–Crippen MR) is 78.8 cm³/mol. The van der Waals surface area contributed by atoms with Crippen molar-refractivity contribution in [3.8, 4) is 5.75 Å². The zero-order chi connectivity index (χ0) is 14.4. The van der Waals surface area contributed by atoms with Crippen molar-refractivity contribution < 1.29 is 9.53 Å². The molecule has 1 aromatic carbocycles. The van der Waals surface area contributed by atoms with Gasteiger partial charge in [0.25, 0.3) is 0 Å². The first kappa shape index (κ1) is 15.7. The molecule has 0 spiro atoms. The molecule has 0 atom stereocenters. The highest BCUT2D eigenvalue weighted by atomic mass is 16.5. The highest BCUT2D eigenvalue weighted by molar-refractivity contribution is 5.75. The molecule has 0 aliphatic rings. The van der Waals surface area contributed by atoms with Gasteiger partial charge < -0.3 is 14.8 Å². The number of ketones is 1. The molecule has 3 nitrogen and oxygen atoms in total. The fraction of sp³-hybridized carbons (Fsp3) is 0.562. The van der Waals surface area contributed by atoms with E-state index >= 15 is 0 Å². The molecule has 0 amide bonds. The van der Waals surface area contributed by atoms with Gasteiger partial charge in [0.1, 0.15) is 11.5 Å². The van der Waals surface area contributed by atoms with Crippen LogP contribution in [0.5, 0.6) is 5.75 Å². The largest absolute Gasteiger partial charge is 0.496 e. The summed E-state index contributed by atoms with van der Waals surface area (Å²) in [7, 11) is 1.71. The molecule has 0 aliphatic carbocycles. The molecule has 0 heterocycles. The van der Waals surface area contributed by atoms with E-state index in [2.05, 4.69) is 32.2 Å². The first-order valence-electron chi connectivity index (χ1n) is 6.81. The molecule has 0 saturated heterocycles. The van der Waals surface area contributed by atoms with Gasteiger partial charge in [0, 0.05) is 13.0 Å². The zero-order valence-corrected chi connectivity index (χ0v) is 12.7. The highest BCUT2D eigenvalue weighted by Crippen LogP contribution is 2.27. The third-order valence-corrected chi connectivity index (χ3v) is 3.61. The Hall–Kier alpha value is -1.35. The van der Waals surface area contributed by atoms with Crippen molar-refractivity contribution in [3.05, 3.63) is 28.3 Å². The molecule has 0 bridgehead atoms. The second-order valence-corrected chi connectivity index (χ2v) is 5.11. The Kier molecular flexibility index (Phi) is 6.03. The number of carbonyl (C=O) groups is 1. The fourth-order valence-electron chi connectivity index (χ4n) is 2.26. The van der Waals surface area contributed by atoms with Gasteiger partial charge in [-0.2, -0.15) is 0 Å². The fourth-order valence-corrected chi connectivity index (χ4v) is 2.26. The lowest BCUT2D eigenvalue weighted by molar-refractivity contribution is -0.117. The maximum Gasteiger partial charge on any atom is 0.129 e. The monoisotopic (exact) mass is 263 g/mol. The second-order valence-electron chi connectivity index (χ2n) is 5.11. The summed E-state index contributed by atoms with van der Waals surface area (Å²) in [6.45, 7) is 9.71. The van der Waals surface area contributed by atoms with Crippen molar-refractivity contribution in [1.82, 2.24) is 5.32 Å². The third-order valence-electron chi connectivity index (χ3n) is 3.61. The topological polar surface area (TPSA) is 38.3 Å². The molecule has 106 valence electrons. The molecule has 0 saturated carbocycles. The molecule has 0 fully saturated rings. The van der Waals surface area contributed by atoms with Crippen LogP contribution in [-0.4, -0.2) is 19.4 Å². The maximum atomic E-state index is 10.9. The van der Waals surface area contributed by atoms with E-state index in [1.807, 2.05) is 0 Å². The first-order valence-corrected chi connectivity index (χ1v) is 6.81. The van der Waals surface area contributed by atoms with Crippen LogP contribution in [0.15, 0.2) is 6.07 Å². The number of rotatable bonds is 7. The Morgan fingerprint density at radius 1 is 1.26 bits per heavy atom. The molecule has 0 aliphatic heterocycles. The second kappa shape index (κ2) is 7.29. The molecular formula is C16H25NO2. The molecule has 0 radical (unpaired) electrons. The van der Waals surface area contributed by atoms with Crippen molar-refractivity contribution in [2.75, 3.05) is 13.7 Å². The van der Waals surface area contributed by atoms with Crippen molar-refractivity contribution >= 4 is 5.78 Å². The SMILES string of the molecule is COc1cc(C)c(CNCCCC(C)=O)c(C)c1C. The summed E-state index contributed by atoms with van der Waals surface area (Å²) < 4.78 is 5.37. The average molecular weight is 263 g/mol. The van der Waals surface area contributed by atoms with Gasteiger partial charge in [-0.15, -0.1) is 0 Å². The number of carbonyl (C=O) groups excluding carboxylic acids is 1. The molecule has 3 heteroatoms. The van der Waals surface area contributed by atoms with E-state index in [0.717, 1.165) is 25.3 Å². The van der Waals surface area contributed by atoms with Crippen molar-refractivity contribution in [2.45, 2.75) is 47.1 Å². The van der Waals surface area contributed by atoms with Crippen LogP contribution in [-0.2, 0) is 11.3 Å². The summed E-state index contributed by atoms with van der Waals surface area (Å²) in [6, 6.07) is 2.09. The van der Waals surface area contributed by atoms with Gasteiger partial charge in [0.05, 0.1) is 7.11 Å². The lowest BCUT2D eigenvalue weighted by Gasteiger charge is -2.16. The van der Waals surface area contributed by atoms with Crippen LogP contribution in [0.4, 0.5) is 0 Å². The van der Waals surface area contributed by atoms with Crippen LogP contribution in [0, 0.1) is 20.8 Å². The number of ether oxygens (including phenoxy) is 1. The Bertz CT molecular complexity index is 453. The average Bonchev–Trinajstić information content (AvgIpc) is 2.36. The summed E-state index contributed by atoms with van der Waals surface area (Å²) in [5, 5.41) is 3.41. The molecule has 1 N–H and O–H groups in total.